The molecule has 1 aliphatic rings. The van der Waals surface area contributed by atoms with Gasteiger partial charge in [-0.1, -0.05) is 30.7 Å². The number of aromatic nitrogens is 2. The number of H-pyrrole nitrogens is 1. The van der Waals surface area contributed by atoms with Crippen molar-refractivity contribution in [3.63, 3.8) is 0 Å². The minimum atomic E-state index is -0.363. The number of hydrogen-bond acceptors (Lipinski definition) is 3. The molecule has 1 aliphatic carbocycles. The summed E-state index contributed by atoms with van der Waals surface area (Å²) in [6.45, 7) is 3.40. The number of aromatic amines is 1. The van der Waals surface area contributed by atoms with Gasteiger partial charge in [0.05, 0.1) is 0 Å². The first kappa shape index (κ1) is 19.1. The van der Waals surface area contributed by atoms with Crippen LogP contribution in [-0.4, -0.2) is 34.0 Å². The zero-order valence-corrected chi connectivity index (χ0v) is 16.3. The molecule has 0 radical (unpaired) electrons. The highest BCUT2D eigenvalue weighted by Gasteiger charge is 2.16. The third kappa shape index (κ3) is 4.78. The molecule has 2 heterocycles. The molecular weight excluding hydrogens is 351 g/mol. The van der Waals surface area contributed by atoms with Crippen molar-refractivity contribution < 1.29 is 4.39 Å². The number of pyridine rings is 1. The van der Waals surface area contributed by atoms with Crippen molar-refractivity contribution in [2.75, 3.05) is 13.1 Å². The van der Waals surface area contributed by atoms with Gasteiger partial charge in [-0.3, -0.25) is 4.90 Å². The van der Waals surface area contributed by atoms with Gasteiger partial charge in [0, 0.05) is 48.0 Å². The minimum absolute atomic E-state index is 0.363. The van der Waals surface area contributed by atoms with Crippen molar-refractivity contribution in [3.05, 3.63) is 65.9 Å². The lowest BCUT2D eigenvalue weighted by Gasteiger charge is -2.27. The highest BCUT2D eigenvalue weighted by atomic mass is 19.1. The van der Waals surface area contributed by atoms with Crippen LogP contribution in [0.2, 0.25) is 0 Å². The van der Waals surface area contributed by atoms with E-state index in [0.29, 0.717) is 12.1 Å². The van der Waals surface area contributed by atoms with Crippen molar-refractivity contribution in [1.29, 1.82) is 0 Å². The number of para-hydroxylation sites is 1. The van der Waals surface area contributed by atoms with Gasteiger partial charge in [-0.25, -0.2) is 4.98 Å². The SMILES string of the molecule is Fc1ncccc1CN(CCCCNC1CCC1)Cc1c[nH]c2ccccc12. The van der Waals surface area contributed by atoms with Crippen molar-refractivity contribution in [1.82, 2.24) is 20.2 Å². The summed E-state index contributed by atoms with van der Waals surface area (Å²) < 4.78 is 14.1. The number of benzene rings is 1. The third-order valence-electron chi connectivity index (χ3n) is 5.74. The van der Waals surface area contributed by atoms with E-state index in [4.69, 9.17) is 0 Å². The fraction of sp³-hybridized carbons (Fsp3) is 0.435. The molecule has 1 aromatic carbocycles. The minimum Gasteiger partial charge on any atom is -0.361 e. The summed E-state index contributed by atoms with van der Waals surface area (Å²) >= 11 is 0. The number of unbranched alkanes of at least 4 members (excludes halogenated alkanes) is 1. The summed E-state index contributed by atoms with van der Waals surface area (Å²) in [7, 11) is 0. The Kier molecular flexibility index (Phi) is 6.34. The van der Waals surface area contributed by atoms with Gasteiger partial charge in [0.2, 0.25) is 5.95 Å². The molecule has 0 saturated heterocycles. The average molecular weight is 381 g/mol. The van der Waals surface area contributed by atoms with Crippen LogP contribution in [0.5, 0.6) is 0 Å². The van der Waals surface area contributed by atoms with E-state index in [1.165, 1.54) is 36.4 Å². The summed E-state index contributed by atoms with van der Waals surface area (Å²) in [5.41, 5.74) is 3.07. The quantitative estimate of drug-likeness (QED) is 0.398. The zero-order valence-electron chi connectivity index (χ0n) is 16.3. The summed E-state index contributed by atoms with van der Waals surface area (Å²) in [5, 5.41) is 4.87. The average Bonchev–Trinajstić information content (AvgIpc) is 3.08. The summed E-state index contributed by atoms with van der Waals surface area (Å²) in [4.78, 5) is 9.49. The molecule has 148 valence electrons. The predicted molar refractivity (Wildman–Crippen MR) is 111 cm³/mol. The van der Waals surface area contributed by atoms with Crippen LogP contribution in [-0.2, 0) is 13.1 Å². The zero-order chi connectivity index (χ0) is 19.2. The topological polar surface area (TPSA) is 44.0 Å². The molecule has 5 heteroatoms. The van der Waals surface area contributed by atoms with E-state index < -0.39 is 0 Å². The molecule has 0 amide bonds. The van der Waals surface area contributed by atoms with Crippen LogP contribution in [0, 0.1) is 5.95 Å². The monoisotopic (exact) mass is 380 g/mol. The Morgan fingerprint density at radius 1 is 1.07 bits per heavy atom. The number of hydrogen-bond donors (Lipinski definition) is 2. The number of halogens is 1. The summed E-state index contributed by atoms with van der Waals surface area (Å²) in [6.07, 6.45) is 9.86. The predicted octanol–water partition coefficient (Wildman–Crippen LogP) is 4.63. The summed E-state index contributed by atoms with van der Waals surface area (Å²) in [6, 6.07) is 12.7. The molecule has 0 atom stereocenters. The van der Waals surface area contributed by atoms with E-state index in [1.54, 1.807) is 0 Å². The van der Waals surface area contributed by atoms with Crippen LogP contribution in [0.25, 0.3) is 10.9 Å². The van der Waals surface area contributed by atoms with Crippen LogP contribution in [0.1, 0.15) is 43.2 Å². The van der Waals surface area contributed by atoms with Crippen LogP contribution < -0.4 is 5.32 Å². The van der Waals surface area contributed by atoms with Crippen molar-refractivity contribution in [3.8, 4) is 0 Å². The maximum atomic E-state index is 14.1. The molecule has 28 heavy (non-hydrogen) atoms. The Morgan fingerprint density at radius 3 is 2.75 bits per heavy atom. The molecule has 0 aliphatic heterocycles. The third-order valence-corrected chi connectivity index (χ3v) is 5.74. The lowest BCUT2D eigenvalue weighted by atomic mass is 9.93. The van der Waals surface area contributed by atoms with E-state index in [-0.39, 0.29) is 5.95 Å². The fourth-order valence-electron chi connectivity index (χ4n) is 3.87. The second-order valence-corrected chi connectivity index (χ2v) is 7.81. The van der Waals surface area contributed by atoms with Crippen LogP contribution >= 0.6 is 0 Å². The first-order chi connectivity index (χ1) is 13.8. The van der Waals surface area contributed by atoms with Crippen LogP contribution in [0.4, 0.5) is 4.39 Å². The highest BCUT2D eigenvalue weighted by molar-refractivity contribution is 5.82. The first-order valence-electron chi connectivity index (χ1n) is 10.4. The largest absolute Gasteiger partial charge is 0.361 e. The van der Waals surface area contributed by atoms with E-state index >= 15 is 0 Å². The highest BCUT2D eigenvalue weighted by Crippen LogP contribution is 2.21. The van der Waals surface area contributed by atoms with Crippen LogP contribution in [0.3, 0.4) is 0 Å². The Balaban J connectivity index is 1.39. The maximum absolute atomic E-state index is 14.1. The van der Waals surface area contributed by atoms with Gasteiger partial charge in [-0.15, -0.1) is 0 Å². The molecular formula is C23H29FN4. The van der Waals surface area contributed by atoms with Gasteiger partial charge >= 0.3 is 0 Å². The van der Waals surface area contributed by atoms with Gasteiger partial charge in [-0.05, 0) is 56.5 Å². The number of fused-ring (bicyclic) bond motifs is 1. The molecule has 3 aromatic rings. The molecule has 2 N–H and O–H groups in total. The van der Waals surface area contributed by atoms with E-state index in [0.717, 1.165) is 44.0 Å². The normalized spacial score (nSPS) is 14.6. The number of nitrogens with zero attached hydrogens (tertiary/aromatic N) is 2. The number of nitrogens with one attached hydrogen (secondary N) is 2. The first-order valence-corrected chi connectivity index (χ1v) is 10.4. The van der Waals surface area contributed by atoms with Crippen molar-refractivity contribution in [2.24, 2.45) is 0 Å². The van der Waals surface area contributed by atoms with E-state index in [2.05, 4.69) is 44.6 Å². The molecule has 4 rings (SSSR count). The summed E-state index contributed by atoms with van der Waals surface area (Å²) in [5.74, 6) is -0.363. The lowest BCUT2D eigenvalue weighted by Crippen LogP contribution is -2.35. The Morgan fingerprint density at radius 2 is 1.93 bits per heavy atom. The second-order valence-electron chi connectivity index (χ2n) is 7.81. The van der Waals surface area contributed by atoms with Gasteiger partial charge in [-0.2, -0.15) is 4.39 Å². The standard InChI is InChI=1S/C23H29FN4/c24-23-18(7-6-13-26-23)16-28(14-4-3-12-25-20-8-5-9-20)17-19-15-27-22-11-2-1-10-21(19)22/h1-2,6-7,10-11,13,15,20,25,27H,3-5,8-9,12,14,16-17H2. The Bertz CT molecular complexity index is 887. The molecule has 4 nitrogen and oxygen atoms in total. The van der Waals surface area contributed by atoms with Gasteiger partial charge < -0.3 is 10.3 Å². The molecule has 1 saturated carbocycles. The molecule has 0 spiro atoms. The second kappa shape index (κ2) is 9.30. The lowest BCUT2D eigenvalue weighted by molar-refractivity contribution is 0.245. The fourth-order valence-corrected chi connectivity index (χ4v) is 3.87. The van der Waals surface area contributed by atoms with Gasteiger partial charge in [0.15, 0.2) is 0 Å². The molecule has 0 bridgehead atoms. The smallest absolute Gasteiger partial charge is 0.217 e. The van der Waals surface area contributed by atoms with Crippen molar-refractivity contribution in [2.45, 2.75) is 51.2 Å². The van der Waals surface area contributed by atoms with Gasteiger partial charge in [0.25, 0.3) is 0 Å². The Labute approximate surface area is 166 Å². The molecule has 1 fully saturated rings. The number of rotatable bonds is 10. The van der Waals surface area contributed by atoms with Crippen molar-refractivity contribution >= 4 is 10.9 Å². The maximum Gasteiger partial charge on any atom is 0.217 e. The molecule has 0 unspecified atom stereocenters. The van der Waals surface area contributed by atoms with Gasteiger partial charge in [0.1, 0.15) is 0 Å². The van der Waals surface area contributed by atoms with Crippen LogP contribution in [0.15, 0.2) is 48.8 Å². The van der Waals surface area contributed by atoms with E-state index in [1.807, 2.05) is 18.2 Å². The van der Waals surface area contributed by atoms with E-state index in [9.17, 15) is 4.39 Å². The molecule has 2 aromatic heterocycles. The Hall–Kier alpha value is -2.24.